The minimum absolute atomic E-state index is 0.543. The van der Waals surface area contributed by atoms with Crippen molar-refractivity contribution >= 4 is 0 Å². The average Bonchev–Trinajstić information content (AvgIpc) is 2.98. The highest BCUT2D eigenvalue weighted by molar-refractivity contribution is 5.12. The van der Waals surface area contributed by atoms with Gasteiger partial charge in [0, 0.05) is 12.7 Å². The quantitative estimate of drug-likeness (QED) is 0.820. The first-order valence-electron chi connectivity index (χ1n) is 7.72. The van der Waals surface area contributed by atoms with Crippen molar-refractivity contribution in [2.75, 3.05) is 26.7 Å². The Hall–Kier alpha value is -0.870. The Morgan fingerprint density at radius 1 is 1.32 bits per heavy atom. The maximum Gasteiger partial charge on any atom is 0.0559 e. The molecule has 2 atom stereocenters. The van der Waals surface area contributed by atoms with Crippen molar-refractivity contribution in [3.05, 3.63) is 18.0 Å². The molecule has 1 aromatic heterocycles. The van der Waals surface area contributed by atoms with Crippen molar-refractivity contribution in [3.63, 3.8) is 0 Å². The summed E-state index contributed by atoms with van der Waals surface area (Å²) in [5, 5.41) is 7.87. The molecule has 19 heavy (non-hydrogen) atoms. The Balaban J connectivity index is 2.21. The molecular formula is C15H28N4. The Morgan fingerprint density at radius 2 is 2.11 bits per heavy atom. The van der Waals surface area contributed by atoms with Gasteiger partial charge in [-0.15, -0.1) is 0 Å². The average molecular weight is 264 g/mol. The van der Waals surface area contributed by atoms with E-state index in [9.17, 15) is 0 Å². The van der Waals surface area contributed by atoms with Gasteiger partial charge < -0.3 is 5.32 Å². The Kier molecular flexibility index (Phi) is 5.40. The van der Waals surface area contributed by atoms with Gasteiger partial charge in [-0.05, 0) is 57.9 Å². The van der Waals surface area contributed by atoms with Gasteiger partial charge in [0.25, 0.3) is 0 Å². The van der Waals surface area contributed by atoms with E-state index in [1.165, 1.54) is 31.6 Å². The van der Waals surface area contributed by atoms with Crippen molar-refractivity contribution in [1.82, 2.24) is 20.0 Å². The Bertz CT molecular complexity index is 360. The molecule has 0 radical (unpaired) electrons. The highest BCUT2D eigenvalue weighted by Gasteiger charge is 2.35. The summed E-state index contributed by atoms with van der Waals surface area (Å²) in [6.07, 6.45) is 5.63. The predicted octanol–water partition coefficient (Wildman–Crippen LogP) is 2.29. The van der Waals surface area contributed by atoms with Crippen LogP contribution in [0.1, 0.15) is 44.8 Å². The molecule has 0 amide bonds. The second-order valence-electron chi connectivity index (χ2n) is 5.57. The zero-order valence-corrected chi connectivity index (χ0v) is 12.6. The maximum atomic E-state index is 4.51. The molecule has 1 fully saturated rings. The molecule has 0 saturated carbocycles. The first-order valence-corrected chi connectivity index (χ1v) is 7.72. The van der Waals surface area contributed by atoms with Gasteiger partial charge in [-0.3, -0.25) is 9.58 Å². The van der Waals surface area contributed by atoms with Crippen LogP contribution in [0.5, 0.6) is 0 Å². The van der Waals surface area contributed by atoms with Crippen LogP contribution in [0.2, 0.25) is 0 Å². The lowest BCUT2D eigenvalue weighted by molar-refractivity contribution is 0.215. The van der Waals surface area contributed by atoms with Crippen LogP contribution in [0, 0.1) is 5.92 Å². The van der Waals surface area contributed by atoms with E-state index in [1.807, 2.05) is 6.20 Å². The van der Waals surface area contributed by atoms with E-state index in [0.29, 0.717) is 12.0 Å². The second-order valence-corrected chi connectivity index (χ2v) is 5.57. The fourth-order valence-corrected chi connectivity index (χ4v) is 3.36. The van der Waals surface area contributed by atoms with E-state index < -0.39 is 0 Å². The summed E-state index contributed by atoms with van der Waals surface area (Å²) >= 11 is 0. The molecule has 2 heterocycles. The summed E-state index contributed by atoms with van der Waals surface area (Å²) in [4.78, 5) is 2.64. The van der Waals surface area contributed by atoms with E-state index in [1.54, 1.807) is 0 Å². The summed E-state index contributed by atoms with van der Waals surface area (Å²) in [7, 11) is 2.06. The van der Waals surface area contributed by atoms with Crippen LogP contribution < -0.4 is 5.32 Å². The molecule has 1 N–H and O–H groups in total. The molecule has 2 unspecified atom stereocenters. The minimum Gasteiger partial charge on any atom is -0.319 e. The molecule has 0 aromatic carbocycles. The predicted molar refractivity (Wildman–Crippen MR) is 79.2 cm³/mol. The molecule has 4 nitrogen and oxygen atoms in total. The van der Waals surface area contributed by atoms with Crippen molar-refractivity contribution in [2.45, 2.75) is 45.7 Å². The second kappa shape index (κ2) is 7.06. The van der Waals surface area contributed by atoms with Crippen molar-refractivity contribution < 1.29 is 0 Å². The molecule has 1 aliphatic rings. The summed E-state index contributed by atoms with van der Waals surface area (Å²) in [6.45, 7) is 9.04. The number of nitrogens with zero attached hydrogens (tertiary/aromatic N) is 3. The summed E-state index contributed by atoms with van der Waals surface area (Å²) in [5.74, 6) is 0.712. The molecule has 108 valence electrons. The standard InChI is InChI=1S/C15H28N4/c1-4-9-18-11-7-13(12-16-3)15(18)14-6-8-17-19(14)10-5-2/h6,8,13,15-16H,4-5,7,9-12H2,1-3H3. The number of aromatic nitrogens is 2. The molecule has 0 spiro atoms. The molecule has 2 rings (SSSR count). The smallest absolute Gasteiger partial charge is 0.0559 e. The number of hydrogen-bond acceptors (Lipinski definition) is 3. The van der Waals surface area contributed by atoms with Crippen LogP contribution >= 0.6 is 0 Å². The normalized spacial score (nSPS) is 24.2. The van der Waals surface area contributed by atoms with Crippen molar-refractivity contribution in [2.24, 2.45) is 5.92 Å². The zero-order valence-electron chi connectivity index (χ0n) is 12.6. The van der Waals surface area contributed by atoms with Crippen LogP contribution in [0.4, 0.5) is 0 Å². The number of hydrogen-bond donors (Lipinski definition) is 1. The molecule has 1 aliphatic heterocycles. The fourth-order valence-electron chi connectivity index (χ4n) is 3.36. The third kappa shape index (κ3) is 3.18. The minimum atomic E-state index is 0.543. The fraction of sp³-hybridized carbons (Fsp3) is 0.800. The third-order valence-corrected chi connectivity index (χ3v) is 4.09. The summed E-state index contributed by atoms with van der Waals surface area (Å²) in [5.41, 5.74) is 1.41. The third-order valence-electron chi connectivity index (χ3n) is 4.09. The Morgan fingerprint density at radius 3 is 2.79 bits per heavy atom. The highest BCUT2D eigenvalue weighted by Crippen LogP contribution is 2.36. The van der Waals surface area contributed by atoms with Gasteiger partial charge in [-0.25, -0.2) is 0 Å². The lowest BCUT2D eigenvalue weighted by Crippen LogP contribution is -2.31. The molecule has 4 heteroatoms. The number of rotatable bonds is 7. The number of likely N-dealkylation sites (tertiary alicyclic amines) is 1. The van der Waals surface area contributed by atoms with Gasteiger partial charge in [0.2, 0.25) is 0 Å². The lowest BCUT2D eigenvalue weighted by atomic mass is 9.97. The van der Waals surface area contributed by atoms with Crippen LogP contribution in [-0.2, 0) is 6.54 Å². The van der Waals surface area contributed by atoms with Gasteiger partial charge in [0.1, 0.15) is 0 Å². The summed E-state index contributed by atoms with van der Waals surface area (Å²) < 4.78 is 2.21. The Labute approximate surface area is 117 Å². The van der Waals surface area contributed by atoms with Gasteiger partial charge in [-0.1, -0.05) is 13.8 Å². The van der Waals surface area contributed by atoms with E-state index in [4.69, 9.17) is 0 Å². The van der Waals surface area contributed by atoms with Crippen LogP contribution in [0.3, 0.4) is 0 Å². The maximum absolute atomic E-state index is 4.51. The molecular weight excluding hydrogens is 236 g/mol. The lowest BCUT2D eigenvalue weighted by Gasteiger charge is -2.28. The van der Waals surface area contributed by atoms with E-state index >= 15 is 0 Å². The van der Waals surface area contributed by atoms with Crippen molar-refractivity contribution in [3.8, 4) is 0 Å². The molecule has 0 aliphatic carbocycles. The van der Waals surface area contributed by atoms with Gasteiger partial charge in [0.15, 0.2) is 0 Å². The number of aryl methyl sites for hydroxylation is 1. The number of nitrogens with one attached hydrogen (secondary N) is 1. The first kappa shape index (κ1) is 14.5. The molecule has 1 saturated heterocycles. The molecule has 0 bridgehead atoms. The monoisotopic (exact) mass is 264 g/mol. The zero-order chi connectivity index (χ0) is 13.7. The van der Waals surface area contributed by atoms with E-state index in [0.717, 1.165) is 19.5 Å². The largest absolute Gasteiger partial charge is 0.319 e. The highest BCUT2D eigenvalue weighted by atomic mass is 15.3. The molecule has 1 aromatic rings. The SMILES string of the molecule is CCCN1CCC(CNC)C1c1ccnn1CCC. The summed E-state index contributed by atoms with van der Waals surface area (Å²) in [6, 6.07) is 2.76. The van der Waals surface area contributed by atoms with Crippen LogP contribution in [0.25, 0.3) is 0 Å². The topological polar surface area (TPSA) is 33.1 Å². The van der Waals surface area contributed by atoms with Crippen molar-refractivity contribution in [1.29, 1.82) is 0 Å². The van der Waals surface area contributed by atoms with Gasteiger partial charge in [-0.2, -0.15) is 5.10 Å². The van der Waals surface area contributed by atoms with Gasteiger partial charge in [0.05, 0.1) is 11.7 Å². The van der Waals surface area contributed by atoms with Crippen LogP contribution in [-0.4, -0.2) is 41.4 Å². The van der Waals surface area contributed by atoms with E-state index in [2.05, 4.69) is 47.0 Å². The van der Waals surface area contributed by atoms with Crippen LogP contribution in [0.15, 0.2) is 12.3 Å². The van der Waals surface area contributed by atoms with Gasteiger partial charge >= 0.3 is 0 Å². The van der Waals surface area contributed by atoms with E-state index in [-0.39, 0.29) is 0 Å². The first-order chi connectivity index (χ1) is 9.31.